The molecule has 3 aromatic rings. The van der Waals surface area contributed by atoms with Crippen molar-refractivity contribution < 1.29 is 14.3 Å². The molecule has 0 bridgehead atoms. The standard InChI is InChI=1S/C22H21NO3S/c1-23(21(24)17-9-4-2-5-10-17)15-14-19(20-13-8-16-27-20)26-22(25)18-11-6-3-7-12-18/h2-13,16,19H,14-15H2,1H3/t19-/m0/s1. The highest BCUT2D eigenvalue weighted by Crippen LogP contribution is 2.27. The van der Waals surface area contributed by atoms with E-state index in [1.165, 1.54) is 0 Å². The van der Waals surface area contributed by atoms with E-state index in [1.807, 2.05) is 53.9 Å². The van der Waals surface area contributed by atoms with Gasteiger partial charge in [0.2, 0.25) is 0 Å². The number of carbonyl (C=O) groups is 2. The van der Waals surface area contributed by atoms with Crippen LogP contribution in [0.1, 0.15) is 38.1 Å². The Morgan fingerprint density at radius 1 is 0.926 bits per heavy atom. The van der Waals surface area contributed by atoms with Gasteiger partial charge in [-0.05, 0) is 35.7 Å². The summed E-state index contributed by atoms with van der Waals surface area (Å²) in [7, 11) is 1.76. The van der Waals surface area contributed by atoms with Crippen LogP contribution in [-0.4, -0.2) is 30.4 Å². The molecule has 0 spiro atoms. The summed E-state index contributed by atoms with van der Waals surface area (Å²) in [5, 5.41) is 1.96. The number of rotatable bonds is 7. The summed E-state index contributed by atoms with van der Waals surface area (Å²) in [6.45, 7) is 0.484. The highest BCUT2D eigenvalue weighted by Gasteiger charge is 2.21. The van der Waals surface area contributed by atoms with Crippen LogP contribution in [0.15, 0.2) is 78.2 Å². The Morgan fingerprint density at radius 3 is 2.15 bits per heavy atom. The zero-order valence-electron chi connectivity index (χ0n) is 15.1. The number of benzene rings is 2. The molecule has 27 heavy (non-hydrogen) atoms. The molecule has 1 amide bonds. The Morgan fingerprint density at radius 2 is 1.56 bits per heavy atom. The first kappa shape index (κ1) is 18.9. The molecule has 4 nitrogen and oxygen atoms in total. The first-order valence-corrected chi connectivity index (χ1v) is 9.63. The summed E-state index contributed by atoms with van der Waals surface area (Å²) in [5.41, 5.74) is 1.17. The Kier molecular flexibility index (Phi) is 6.39. The molecule has 1 aromatic heterocycles. The van der Waals surface area contributed by atoms with E-state index in [0.29, 0.717) is 24.1 Å². The molecule has 0 aliphatic rings. The Labute approximate surface area is 163 Å². The highest BCUT2D eigenvalue weighted by molar-refractivity contribution is 7.10. The summed E-state index contributed by atoms with van der Waals surface area (Å²) in [6, 6.07) is 22.0. The van der Waals surface area contributed by atoms with Crippen LogP contribution in [0.2, 0.25) is 0 Å². The summed E-state index contributed by atoms with van der Waals surface area (Å²) in [6.07, 6.45) is 0.150. The van der Waals surface area contributed by atoms with Gasteiger partial charge in [0.05, 0.1) is 5.56 Å². The van der Waals surface area contributed by atoms with E-state index in [2.05, 4.69) is 0 Å². The normalized spacial score (nSPS) is 11.6. The molecule has 1 atom stereocenters. The number of hydrogen-bond donors (Lipinski definition) is 0. The van der Waals surface area contributed by atoms with Crippen molar-refractivity contribution in [2.24, 2.45) is 0 Å². The van der Waals surface area contributed by atoms with Crippen LogP contribution >= 0.6 is 11.3 Å². The minimum absolute atomic E-state index is 0.0464. The van der Waals surface area contributed by atoms with Crippen molar-refractivity contribution in [2.75, 3.05) is 13.6 Å². The molecular weight excluding hydrogens is 358 g/mol. The molecule has 5 heteroatoms. The molecule has 0 N–H and O–H groups in total. The molecule has 0 radical (unpaired) electrons. The maximum Gasteiger partial charge on any atom is 0.338 e. The van der Waals surface area contributed by atoms with Gasteiger partial charge in [0.15, 0.2) is 0 Å². The Bertz CT molecular complexity index is 863. The number of amides is 1. The first-order valence-electron chi connectivity index (χ1n) is 8.75. The molecule has 138 valence electrons. The van der Waals surface area contributed by atoms with Gasteiger partial charge < -0.3 is 9.64 Å². The van der Waals surface area contributed by atoms with E-state index in [9.17, 15) is 9.59 Å². The number of nitrogens with zero attached hydrogens (tertiary/aromatic N) is 1. The Balaban J connectivity index is 1.66. The zero-order chi connectivity index (χ0) is 19.1. The lowest BCUT2D eigenvalue weighted by molar-refractivity contribution is 0.0266. The van der Waals surface area contributed by atoms with Crippen LogP contribution in [0.5, 0.6) is 0 Å². The number of esters is 1. The van der Waals surface area contributed by atoms with Gasteiger partial charge in [-0.25, -0.2) is 4.79 Å². The predicted octanol–water partition coefficient (Wildman–Crippen LogP) is 4.81. The first-order chi connectivity index (χ1) is 13.1. The van der Waals surface area contributed by atoms with E-state index in [-0.39, 0.29) is 18.0 Å². The minimum Gasteiger partial charge on any atom is -0.453 e. The van der Waals surface area contributed by atoms with Crippen LogP contribution in [0.25, 0.3) is 0 Å². The topological polar surface area (TPSA) is 46.6 Å². The third kappa shape index (κ3) is 5.05. The van der Waals surface area contributed by atoms with Gasteiger partial charge in [-0.2, -0.15) is 0 Å². The average molecular weight is 379 g/mol. The third-order valence-corrected chi connectivity index (χ3v) is 5.18. The molecule has 1 heterocycles. The van der Waals surface area contributed by atoms with Crippen LogP contribution < -0.4 is 0 Å². The fourth-order valence-electron chi connectivity index (χ4n) is 2.72. The van der Waals surface area contributed by atoms with Crippen LogP contribution in [0.4, 0.5) is 0 Å². The molecule has 0 aliphatic heterocycles. The Hall–Kier alpha value is -2.92. The highest BCUT2D eigenvalue weighted by atomic mass is 32.1. The smallest absolute Gasteiger partial charge is 0.338 e. The summed E-state index contributed by atoms with van der Waals surface area (Å²) < 4.78 is 5.75. The van der Waals surface area contributed by atoms with Crippen molar-refractivity contribution in [3.8, 4) is 0 Å². The minimum atomic E-state index is -0.385. The number of hydrogen-bond acceptors (Lipinski definition) is 4. The summed E-state index contributed by atoms with van der Waals surface area (Å²) in [5.74, 6) is -0.402. The quantitative estimate of drug-likeness (QED) is 0.554. The lowest BCUT2D eigenvalue weighted by Crippen LogP contribution is -2.29. The van der Waals surface area contributed by atoms with Crippen molar-refractivity contribution in [2.45, 2.75) is 12.5 Å². The van der Waals surface area contributed by atoms with Crippen LogP contribution in [0, 0.1) is 0 Å². The van der Waals surface area contributed by atoms with Crippen LogP contribution in [-0.2, 0) is 4.74 Å². The monoisotopic (exact) mass is 379 g/mol. The molecule has 2 aromatic carbocycles. The molecule has 0 saturated heterocycles. The summed E-state index contributed by atoms with van der Waals surface area (Å²) >= 11 is 1.54. The maximum absolute atomic E-state index is 12.5. The maximum atomic E-state index is 12.5. The molecule has 0 fully saturated rings. The molecule has 0 unspecified atom stereocenters. The van der Waals surface area contributed by atoms with E-state index in [0.717, 1.165) is 4.88 Å². The predicted molar refractivity (Wildman–Crippen MR) is 107 cm³/mol. The second-order valence-corrected chi connectivity index (χ2v) is 7.14. The van der Waals surface area contributed by atoms with Gasteiger partial charge in [-0.1, -0.05) is 42.5 Å². The zero-order valence-corrected chi connectivity index (χ0v) is 15.9. The second kappa shape index (κ2) is 9.14. The van der Waals surface area contributed by atoms with Crippen molar-refractivity contribution >= 4 is 23.2 Å². The molecule has 3 rings (SSSR count). The third-order valence-electron chi connectivity index (χ3n) is 4.21. The fourth-order valence-corrected chi connectivity index (χ4v) is 3.51. The van der Waals surface area contributed by atoms with Gasteiger partial charge in [0, 0.05) is 30.5 Å². The van der Waals surface area contributed by atoms with Gasteiger partial charge in [0.1, 0.15) is 6.10 Å². The number of ether oxygens (including phenoxy) is 1. The molecule has 0 saturated carbocycles. The van der Waals surface area contributed by atoms with Crippen molar-refractivity contribution in [3.63, 3.8) is 0 Å². The lowest BCUT2D eigenvalue weighted by atomic mass is 10.1. The van der Waals surface area contributed by atoms with Gasteiger partial charge in [-0.3, -0.25) is 4.79 Å². The molecule has 0 aliphatic carbocycles. The van der Waals surface area contributed by atoms with Crippen molar-refractivity contribution in [3.05, 3.63) is 94.2 Å². The summed E-state index contributed by atoms with van der Waals surface area (Å²) in [4.78, 5) is 27.6. The van der Waals surface area contributed by atoms with Crippen LogP contribution in [0.3, 0.4) is 0 Å². The molecular formula is C22H21NO3S. The van der Waals surface area contributed by atoms with Crippen molar-refractivity contribution in [1.82, 2.24) is 4.90 Å². The average Bonchev–Trinajstić information content (AvgIpc) is 3.26. The fraction of sp³-hybridized carbons (Fsp3) is 0.182. The SMILES string of the molecule is CN(CC[C@H](OC(=O)c1ccccc1)c1cccs1)C(=O)c1ccccc1. The van der Waals surface area contributed by atoms with E-state index < -0.39 is 0 Å². The van der Waals surface area contributed by atoms with E-state index >= 15 is 0 Å². The van der Waals surface area contributed by atoms with E-state index in [1.54, 1.807) is 47.5 Å². The van der Waals surface area contributed by atoms with Crippen molar-refractivity contribution in [1.29, 1.82) is 0 Å². The largest absolute Gasteiger partial charge is 0.453 e. The van der Waals surface area contributed by atoms with Gasteiger partial charge >= 0.3 is 5.97 Å². The number of carbonyl (C=O) groups excluding carboxylic acids is 2. The van der Waals surface area contributed by atoms with E-state index in [4.69, 9.17) is 4.74 Å². The lowest BCUT2D eigenvalue weighted by Gasteiger charge is -2.22. The second-order valence-electron chi connectivity index (χ2n) is 6.16. The van der Waals surface area contributed by atoms with Gasteiger partial charge in [-0.15, -0.1) is 11.3 Å². The number of thiophene rings is 1. The van der Waals surface area contributed by atoms with Gasteiger partial charge in [0.25, 0.3) is 5.91 Å².